The largest absolute Gasteiger partial charge is 0.393 e. The number of benzene rings is 1. The summed E-state index contributed by atoms with van der Waals surface area (Å²) in [6.07, 6.45) is 5.59. The van der Waals surface area contributed by atoms with Crippen LogP contribution in [0.3, 0.4) is 0 Å². The van der Waals surface area contributed by atoms with E-state index in [-0.39, 0.29) is 17.9 Å². The van der Waals surface area contributed by atoms with E-state index >= 15 is 0 Å². The highest BCUT2D eigenvalue weighted by molar-refractivity contribution is 7.12. The van der Waals surface area contributed by atoms with Gasteiger partial charge in [-0.2, -0.15) is 5.26 Å². The van der Waals surface area contributed by atoms with E-state index in [4.69, 9.17) is 5.26 Å². The minimum atomic E-state index is -0.298. The predicted octanol–water partition coefficient (Wildman–Crippen LogP) is 3.56. The van der Waals surface area contributed by atoms with Crippen molar-refractivity contribution < 1.29 is 9.90 Å². The number of aliphatic hydroxyl groups is 1. The van der Waals surface area contributed by atoms with Crippen LogP contribution in [0, 0.1) is 11.3 Å². The maximum atomic E-state index is 13.1. The Morgan fingerprint density at radius 1 is 1.31 bits per heavy atom. The van der Waals surface area contributed by atoms with Crippen LogP contribution in [0.15, 0.2) is 48.2 Å². The summed E-state index contributed by atoms with van der Waals surface area (Å²) in [6.45, 7) is 0. The molecule has 6 nitrogen and oxygen atoms in total. The lowest BCUT2D eigenvalue weighted by Crippen LogP contribution is -2.20. The van der Waals surface area contributed by atoms with Gasteiger partial charge in [0, 0.05) is 12.2 Å². The Hall–Kier alpha value is -3.08. The van der Waals surface area contributed by atoms with Gasteiger partial charge in [-0.3, -0.25) is 4.79 Å². The summed E-state index contributed by atoms with van der Waals surface area (Å²) in [5.74, 6) is 0.398. The molecule has 0 amide bonds. The van der Waals surface area contributed by atoms with Crippen molar-refractivity contribution >= 4 is 22.9 Å². The number of thiophene rings is 1. The normalized spacial score (nSPS) is 18.3. The Kier molecular flexibility index (Phi) is 5.65. The molecule has 2 atom stereocenters. The highest BCUT2D eigenvalue weighted by Crippen LogP contribution is 2.26. The Balaban J connectivity index is 1.51. The summed E-state index contributed by atoms with van der Waals surface area (Å²) >= 11 is 1.40. The Bertz CT molecular complexity index is 1070. The van der Waals surface area contributed by atoms with E-state index in [0.717, 1.165) is 24.0 Å². The van der Waals surface area contributed by atoms with Crippen molar-refractivity contribution in [3.8, 4) is 6.07 Å². The first-order valence-electron chi connectivity index (χ1n) is 9.48. The van der Waals surface area contributed by atoms with E-state index in [2.05, 4.69) is 21.4 Å². The molecule has 2 aromatic heterocycles. The lowest BCUT2D eigenvalue weighted by atomic mass is 10.0. The first-order valence-corrected chi connectivity index (χ1v) is 10.4. The van der Waals surface area contributed by atoms with Gasteiger partial charge in [0.15, 0.2) is 0 Å². The average molecular weight is 404 g/mol. The maximum Gasteiger partial charge on any atom is 0.208 e. The fourth-order valence-corrected chi connectivity index (χ4v) is 4.47. The Morgan fingerprint density at radius 3 is 3.00 bits per heavy atom. The molecule has 1 fully saturated rings. The second-order valence-corrected chi connectivity index (χ2v) is 8.14. The van der Waals surface area contributed by atoms with Crippen molar-refractivity contribution in [2.75, 3.05) is 5.32 Å². The molecule has 7 heteroatoms. The van der Waals surface area contributed by atoms with Gasteiger partial charge in [-0.25, -0.2) is 9.97 Å². The number of aliphatic hydroxyl groups excluding tert-OH is 1. The van der Waals surface area contributed by atoms with Gasteiger partial charge < -0.3 is 10.4 Å². The van der Waals surface area contributed by atoms with E-state index < -0.39 is 0 Å². The number of anilines is 1. The highest BCUT2D eigenvalue weighted by Gasteiger charge is 2.25. The molecule has 3 aromatic rings. The number of rotatable bonds is 6. The minimum absolute atomic E-state index is 0.109. The molecule has 1 saturated carbocycles. The van der Waals surface area contributed by atoms with Gasteiger partial charge in [-0.1, -0.05) is 12.1 Å². The van der Waals surface area contributed by atoms with Crippen LogP contribution in [0.5, 0.6) is 0 Å². The molecule has 0 saturated heterocycles. The van der Waals surface area contributed by atoms with Gasteiger partial charge in [-0.15, -0.1) is 11.3 Å². The number of nitrogens with zero attached hydrogens (tertiary/aromatic N) is 3. The van der Waals surface area contributed by atoms with Crippen LogP contribution in [0.4, 0.5) is 5.82 Å². The zero-order chi connectivity index (χ0) is 20.2. The molecule has 4 rings (SSSR count). The molecule has 0 unspecified atom stereocenters. The van der Waals surface area contributed by atoms with Crippen molar-refractivity contribution in [2.45, 2.75) is 37.8 Å². The lowest BCUT2D eigenvalue weighted by molar-refractivity contribution is 0.104. The number of ketones is 1. The van der Waals surface area contributed by atoms with E-state index in [0.29, 0.717) is 34.7 Å². The van der Waals surface area contributed by atoms with Crippen molar-refractivity contribution in [2.24, 2.45) is 0 Å². The van der Waals surface area contributed by atoms with Gasteiger partial charge in [0.25, 0.3) is 0 Å². The van der Waals surface area contributed by atoms with Gasteiger partial charge in [-0.05, 0) is 60.4 Å². The van der Waals surface area contributed by atoms with Crippen LogP contribution >= 0.6 is 11.3 Å². The van der Waals surface area contributed by atoms with Crippen molar-refractivity contribution in [3.63, 3.8) is 0 Å². The molecule has 0 bridgehead atoms. The van der Waals surface area contributed by atoms with E-state index in [1.54, 1.807) is 12.3 Å². The summed E-state index contributed by atoms with van der Waals surface area (Å²) in [4.78, 5) is 22.0. The topological polar surface area (TPSA) is 98.9 Å². The van der Waals surface area contributed by atoms with Crippen LogP contribution in [0.25, 0.3) is 0 Å². The molecule has 0 spiro atoms. The van der Waals surface area contributed by atoms with Crippen LogP contribution in [0.1, 0.15) is 51.2 Å². The smallest absolute Gasteiger partial charge is 0.208 e. The molecule has 2 N–H and O–H groups in total. The summed E-state index contributed by atoms with van der Waals surface area (Å²) in [6, 6.07) is 11.6. The molecule has 1 aliphatic carbocycles. The fourth-order valence-electron chi connectivity index (χ4n) is 3.60. The van der Waals surface area contributed by atoms with Gasteiger partial charge in [0.1, 0.15) is 12.1 Å². The molecule has 146 valence electrons. The van der Waals surface area contributed by atoms with Crippen molar-refractivity contribution in [1.82, 2.24) is 9.97 Å². The Labute approximate surface area is 172 Å². The quantitative estimate of drug-likeness (QED) is 0.610. The maximum absolute atomic E-state index is 13.1. The number of carbonyl (C=O) groups excluding carboxylic acids is 1. The van der Waals surface area contributed by atoms with E-state index in [9.17, 15) is 9.90 Å². The minimum Gasteiger partial charge on any atom is -0.393 e. The molecule has 2 heterocycles. The summed E-state index contributed by atoms with van der Waals surface area (Å²) < 4.78 is 0. The lowest BCUT2D eigenvalue weighted by Gasteiger charge is -2.14. The number of hydrogen-bond donors (Lipinski definition) is 2. The fraction of sp³-hybridized carbons (Fsp3) is 0.273. The summed E-state index contributed by atoms with van der Waals surface area (Å²) in [5.41, 5.74) is 3.13. The second kappa shape index (κ2) is 8.52. The first-order chi connectivity index (χ1) is 14.1. The molecule has 1 aromatic carbocycles. The predicted molar refractivity (Wildman–Crippen MR) is 111 cm³/mol. The van der Waals surface area contributed by atoms with Crippen LogP contribution in [-0.4, -0.2) is 33.0 Å². The highest BCUT2D eigenvalue weighted by atomic mass is 32.1. The van der Waals surface area contributed by atoms with Crippen molar-refractivity contribution in [3.05, 3.63) is 75.4 Å². The third kappa shape index (κ3) is 4.50. The van der Waals surface area contributed by atoms with E-state index in [1.165, 1.54) is 17.7 Å². The monoisotopic (exact) mass is 404 g/mol. The molecule has 0 aliphatic heterocycles. The zero-order valence-corrected chi connectivity index (χ0v) is 16.5. The summed E-state index contributed by atoms with van der Waals surface area (Å²) in [7, 11) is 0. The van der Waals surface area contributed by atoms with Gasteiger partial charge >= 0.3 is 0 Å². The third-order valence-electron chi connectivity index (χ3n) is 5.04. The second-order valence-electron chi connectivity index (χ2n) is 7.23. The molecular weight excluding hydrogens is 384 g/mol. The van der Waals surface area contributed by atoms with Gasteiger partial charge in [0.05, 0.1) is 28.2 Å². The van der Waals surface area contributed by atoms with Crippen molar-refractivity contribution in [1.29, 1.82) is 5.26 Å². The molecule has 0 radical (unpaired) electrons. The Morgan fingerprint density at radius 2 is 2.21 bits per heavy atom. The van der Waals surface area contributed by atoms with Crippen LogP contribution in [-0.2, 0) is 6.42 Å². The third-order valence-corrected chi connectivity index (χ3v) is 6.02. The van der Waals surface area contributed by atoms with Gasteiger partial charge in [0.2, 0.25) is 5.78 Å². The number of hydrogen-bond acceptors (Lipinski definition) is 7. The average Bonchev–Trinajstić information content (AvgIpc) is 3.37. The molecule has 1 aliphatic rings. The SMILES string of the molecule is N#Cc1cccc(Cc2csc(C(=O)c3cncnc3N[C@@H]3CC[C@H](O)C3)c2)c1. The molecular formula is C22H20N4O2S. The number of nitriles is 1. The standard InChI is InChI=1S/C22H20N4O2S/c23-10-15-3-1-2-14(6-15)7-16-8-20(29-12-16)21(28)19-11-24-13-25-22(19)26-17-4-5-18(27)9-17/h1-3,6,8,11-13,17-18,27H,4-5,7,9H2,(H,24,25,26)/t17-,18+/m1/s1. The molecule has 29 heavy (non-hydrogen) atoms. The van der Waals surface area contributed by atoms with Crippen LogP contribution < -0.4 is 5.32 Å². The number of nitrogens with one attached hydrogen (secondary N) is 1. The van der Waals surface area contributed by atoms with E-state index in [1.807, 2.05) is 29.6 Å². The van der Waals surface area contributed by atoms with Crippen LogP contribution in [0.2, 0.25) is 0 Å². The summed E-state index contributed by atoms with van der Waals surface area (Å²) in [5, 5.41) is 24.0. The zero-order valence-electron chi connectivity index (χ0n) is 15.7. The first kappa shape index (κ1) is 19.2. The number of carbonyl (C=O) groups is 1. The number of aromatic nitrogens is 2.